The summed E-state index contributed by atoms with van der Waals surface area (Å²) in [7, 11) is 9.20. The van der Waals surface area contributed by atoms with E-state index >= 15 is 0 Å². The van der Waals surface area contributed by atoms with Gasteiger partial charge in [-0.3, -0.25) is 4.90 Å². The molecule has 1 aliphatic carbocycles. The molecule has 0 unspecified atom stereocenters. The van der Waals surface area contributed by atoms with Crippen molar-refractivity contribution in [2.45, 2.75) is 25.3 Å². The maximum absolute atomic E-state index is 10.5. The molecule has 1 N–H and O–H groups in total. The highest BCUT2D eigenvalue weighted by atomic mass is 35.5. The molecule has 0 radical (unpaired) electrons. The smallest absolute Gasteiger partial charge is 0.169 e. The van der Waals surface area contributed by atoms with Gasteiger partial charge in [0.25, 0.3) is 0 Å². The molecule has 31 heavy (non-hydrogen) atoms. The highest BCUT2D eigenvalue weighted by molar-refractivity contribution is 5.88. The second kappa shape index (κ2) is 9.55. The normalized spacial score (nSPS) is 16.9. The van der Waals surface area contributed by atoms with Gasteiger partial charge in [-0.05, 0) is 75.3 Å². The van der Waals surface area contributed by atoms with Crippen LogP contribution in [0.4, 0.5) is 0 Å². The lowest BCUT2D eigenvalue weighted by atomic mass is 9.76. The maximum Gasteiger partial charge on any atom is 0.169 e. The van der Waals surface area contributed by atoms with Crippen molar-refractivity contribution in [3.05, 3.63) is 34.9 Å². The van der Waals surface area contributed by atoms with Crippen molar-refractivity contribution in [1.82, 2.24) is 9.80 Å². The van der Waals surface area contributed by atoms with Gasteiger partial charge in [-0.15, -0.1) is 12.4 Å². The molecule has 0 saturated heterocycles. The topological polar surface area (TPSA) is 54.4 Å². The van der Waals surface area contributed by atoms with E-state index in [1.807, 2.05) is 6.07 Å². The molecule has 170 valence electrons. The highest BCUT2D eigenvalue weighted by Gasteiger charge is 2.39. The molecule has 0 spiro atoms. The minimum Gasteiger partial charge on any atom is -0.504 e. The van der Waals surface area contributed by atoms with E-state index in [1.165, 1.54) is 16.7 Å². The Morgan fingerprint density at radius 3 is 2.42 bits per heavy atom. The van der Waals surface area contributed by atoms with Gasteiger partial charge in [-0.2, -0.15) is 0 Å². The maximum atomic E-state index is 10.5. The fourth-order valence-electron chi connectivity index (χ4n) is 5.06. The van der Waals surface area contributed by atoms with E-state index in [0.29, 0.717) is 11.5 Å². The quantitative estimate of drug-likeness (QED) is 0.693. The summed E-state index contributed by atoms with van der Waals surface area (Å²) in [6.45, 7) is 3.17. The zero-order valence-corrected chi connectivity index (χ0v) is 19.8. The lowest BCUT2D eigenvalue weighted by Gasteiger charge is -2.42. The number of aromatic hydroxyl groups is 1. The van der Waals surface area contributed by atoms with Crippen molar-refractivity contribution < 1.29 is 19.3 Å². The van der Waals surface area contributed by atoms with Gasteiger partial charge in [0.15, 0.2) is 23.0 Å². The first-order chi connectivity index (χ1) is 14.5. The Labute approximate surface area is 191 Å². The van der Waals surface area contributed by atoms with E-state index in [9.17, 15) is 5.11 Å². The molecule has 2 aliphatic rings. The molecular weight excluding hydrogens is 416 g/mol. The molecule has 1 aliphatic heterocycles. The Morgan fingerprint density at radius 2 is 1.77 bits per heavy atom. The van der Waals surface area contributed by atoms with Crippen molar-refractivity contribution in [1.29, 1.82) is 0 Å². The first kappa shape index (κ1) is 23.5. The van der Waals surface area contributed by atoms with Crippen LogP contribution in [0, 0.1) is 0 Å². The Hall–Kier alpha value is -2.15. The van der Waals surface area contributed by atoms with Crippen LogP contribution in [0.25, 0.3) is 11.1 Å². The van der Waals surface area contributed by atoms with Gasteiger partial charge >= 0.3 is 0 Å². The predicted molar refractivity (Wildman–Crippen MR) is 125 cm³/mol. The number of hydrogen-bond acceptors (Lipinski definition) is 6. The standard InChI is InChI=1S/C24H32N2O4.ClH/c1-25(2)10-6-11-26-12-9-16-14-19(28-3)24(30-5)22-20(16)17(26)13-15-7-8-18(27)23(29-4)21(15)22;/h7-8,14,17,27H,6,9-13H2,1-5H3;1H/t17-;/m0./s1. The molecule has 6 nitrogen and oxygen atoms in total. The van der Waals surface area contributed by atoms with Crippen molar-refractivity contribution in [3.63, 3.8) is 0 Å². The number of benzene rings is 2. The predicted octanol–water partition coefficient (Wildman–Crippen LogP) is 3.91. The summed E-state index contributed by atoms with van der Waals surface area (Å²) < 4.78 is 17.2. The third-order valence-electron chi connectivity index (χ3n) is 6.38. The van der Waals surface area contributed by atoms with Crippen LogP contribution in [-0.4, -0.2) is 70.0 Å². The summed E-state index contributed by atoms with van der Waals surface area (Å²) in [5.74, 6) is 2.09. The number of fused-ring (bicyclic) bond motifs is 2. The summed E-state index contributed by atoms with van der Waals surface area (Å²) in [4.78, 5) is 4.84. The number of methoxy groups -OCH3 is 3. The average Bonchev–Trinajstić information content (AvgIpc) is 2.74. The molecule has 0 fully saturated rings. The molecule has 1 atom stereocenters. The van der Waals surface area contributed by atoms with Crippen LogP contribution in [-0.2, 0) is 12.8 Å². The molecule has 0 saturated carbocycles. The van der Waals surface area contributed by atoms with E-state index in [2.05, 4.69) is 30.0 Å². The molecule has 7 heteroatoms. The Kier molecular flexibility index (Phi) is 7.24. The first-order valence-corrected chi connectivity index (χ1v) is 10.6. The Balaban J connectivity index is 0.00000272. The number of rotatable bonds is 7. The van der Waals surface area contributed by atoms with E-state index in [0.717, 1.165) is 55.8 Å². The molecule has 2 aromatic rings. The van der Waals surface area contributed by atoms with Gasteiger partial charge in [0.1, 0.15) is 0 Å². The van der Waals surface area contributed by atoms with Crippen LogP contribution >= 0.6 is 12.4 Å². The van der Waals surface area contributed by atoms with Crippen LogP contribution in [0.3, 0.4) is 0 Å². The molecule has 0 aromatic heterocycles. The molecule has 0 amide bonds. The molecular formula is C24H33ClN2O4. The largest absolute Gasteiger partial charge is 0.504 e. The van der Waals surface area contributed by atoms with Gasteiger partial charge in [0, 0.05) is 23.7 Å². The minimum absolute atomic E-state index is 0. The number of halogens is 1. The summed E-state index contributed by atoms with van der Waals surface area (Å²) in [5, 5.41) is 10.5. The van der Waals surface area contributed by atoms with E-state index in [4.69, 9.17) is 14.2 Å². The van der Waals surface area contributed by atoms with Gasteiger partial charge < -0.3 is 24.2 Å². The monoisotopic (exact) mass is 448 g/mol. The third-order valence-corrected chi connectivity index (χ3v) is 6.38. The SMILES string of the molecule is COc1cc2c3c(c1OC)-c1c(ccc(O)c1OC)C[C@@H]3N(CCCN(C)C)CC2.Cl. The Morgan fingerprint density at radius 1 is 1.03 bits per heavy atom. The van der Waals surface area contributed by atoms with Crippen LogP contribution in [0.15, 0.2) is 18.2 Å². The van der Waals surface area contributed by atoms with Crippen LogP contribution in [0.1, 0.15) is 29.2 Å². The zero-order chi connectivity index (χ0) is 21.4. The van der Waals surface area contributed by atoms with Crippen LogP contribution < -0.4 is 14.2 Å². The van der Waals surface area contributed by atoms with Crippen LogP contribution in [0.5, 0.6) is 23.0 Å². The number of phenolic OH excluding ortho intramolecular Hbond substituents is 1. The van der Waals surface area contributed by atoms with Crippen molar-refractivity contribution in [2.24, 2.45) is 0 Å². The Bertz CT molecular complexity index is 948. The molecule has 4 rings (SSSR count). The fraction of sp³-hybridized carbons (Fsp3) is 0.500. The molecule has 2 aromatic carbocycles. The van der Waals surface area contributed by atoms with Crippen molar-refractivity contribution >= 4 is 12.4 Å². The lowest BCUT2D eigenvalue weighted by Crippen LogP contribution is -2.39. The van der Waals surface area contributed by atoms with E-state index in [1.54, 1.807) is 27.4 Å². The second-order valence-electron chi connectivity index (χ2n) is 8.37. The fourth-order valence-corrected chi connectivity index (χ4v) is 5.06. The molecule has 1 heterocycles. The second-order valence-corrected chi connectivity index (χ2v) is 8.37. The zero-order valence-electron chi connectivity index (χ0n) is 19.0. The summed E-state index contributed by atoms with van der Waals surface area (Å²) in [5.41, 5.74) is 5.69. The summed E-state index contributed by atoms with van der Waals surface area (Å²) >= 11 is 0. The van der Waals surface area contributed by atoms with Crippen molar-refractivity contribution in [2.75, 3.05) is 55.1 Å². The van der Waals surface area contributed by atoms with E-state index < -0.39 is 0 Å². The van der Waals surface area contributed by atoms with Gasteiger partial charge in [0.05, 0.1) is 21.3 Å². The van der Waals surface area contributed by atoms with Crippen LogP contribution in [0.2, 0.25) is 0 Å². The summed E-state index contributed by atoms with van der Waals surface area (Å²) in [6.07, 6.45) is 2.99. The van der Waals surface area contributed by atoms with Gasteiger partial charge in [0.2, 0.25) is 0 Å². The first-order valence-electron chi connectivity index (χ1n) is 10.6. The number of ether oxygens (including phenoxy) is 3. The van der Waals surface area contributed by atoms with E-state index in [-0.39, 0.29) is 24.2 Å². The third kappa shape index (κ3) is 4.04. The number of phenols is 1. The minimum atomic E-state index is 0. The number of hydrogen-bond donors (Lipinski definition) is 1. The van der Waals surface area contributed by atoms with Gasteiger partial charge in [-0.1, -0.05) is 6.07 Å². The van der Waals surface area contributed by atoms with Gasteiger partial charge in [-0.25, -0.2) is 0 Å². The molecule has 0 bridgehead atoms. The lowest BCUT2D eigenvalue weighted by molar-refractivity contribution is 0.173. The van der Waals surface area contributed by atoms with Crippen molar-refractivity contribution in [3.8, 4) is 34.1 Å². The highest BCUT2D eigenvalue weighted by Crippen LogP contribution is 2.56. The summed E-state index contributed by atoms with van der Waals surface area (Å²) in [6, 6.07) is 6.16. The average molecular weight is 449 g/mol. The number of nitrogens with zero attached hydrogens (tertiary/aromatic N) is 2.